The number of nitrogens with two attached hydrogens (primary N) is 1. The third-order valence-corrected chi connectivity index (χ3v) is 2.60. The molecule has 1 aromatic carbocycles. The zero-order valence-corrected chi connectivity index (χ0v) is 10.3. The zero-order chi connectivity index (χ0) is 8.27. The van der Waals surface area contributed by atoms with Crippen molar-refractivity contribution in [3.63, 3.8) is 0 Å². The lowest BCUT2D eigenvalue weighted by molar-refractivity contribution is 0.966. The topological polar surface area (TPSA) is 26.0 Å². The second kappa shape index (κ2) is 4.61. The van der Waals surface area contributed by atoms with Crippen LogP contribution in [0.15, 0.2) is 18.2 Å². The third-order valence-electron chi connectivity index (χ3n) is 1.36. The van der Waals surface area contributed by atoms with E-state index in [9.17, 15) is 0 Å². The van der Waals surface area contributed by atoms with Gasteiger partial charge < -0.3 is 5.73 Å². The lowest BCUT2D eigenvalue weighted by Gasteiger charge is -2.00. The summed E-state index contributed by atoms with van der Waals surface area (Å²) in [6.45, 7) is 0.732. The summed E-state index contributed by atoms with van der Waals surface area (Å²) >= 11 is 4.65. The molecule has 0 saturated heterocycles. The minimum absolute atomic E-state index is 0.732. The summed E-state index contributed by atoms with van der Waals surface area (Å²) in [5, 5.41) is 0. The minimum Gasteiger partial charge on any atom is -0.330 e. The van der Waals surface area contributed by atoms with E-state index < -0.39 is 0 Å². The quantitative estimate of drug-likeness (QED) is 0.792. The first kappa shape index (κ1) is 9.73. The summed E-state index contributed by atoms with van der Waals surface area (Å²) in [5.41, 5.74) is 6.79. The number of hydrogen-bond acceptors (Lipinski definition) is 1. The van der Waals surface area contributed by atoms with Gasteiger partial charge in [0.2, 0.25) is 0 Å². The molecule has 1 nitrogen and oxygen atoms in total. The Morgan fingerprint density at radius 1 is 1.09 bits per heavy atom. The standard InChI is InChI=1S/C8H9I2N/c9-7-3-6(1-2-11)4-8(10)5-7/h3-5H,1-2,11H2. The number of benzene rings is 1. The van der Waals surface area contributed by atoms with Crippen molar-refractivity contribution in [2.24, 2.45) is 5.73 Å². The van der Waals surface area contributed by atoms with Gasteiger partial charge in [0, 0.05) is 7.14 Å². The van der Waals surface area contributed by atoms with Crippen LogP contribution in [0.2, 0.25) is 0 Å². The Morgan fingerprint density at radius 3 is 2.09 bits per heavy atom. The van der Waals surface area contributed by atoms with Crippen molar-refractivity contribution in [3.05, 3.63) is 30.9 Å². The highest BCUT2D eigenvalue weighted by atomic mass is 127. The van der Waals surface area contributed by atoms with Crippen molar-refractivity contribution < 1.29 is 0 Å². The minimum atomic E-state index is 0.732. The van der Waals surface area contributed by atoms with Crippen LogP contribution < -0.4 is 5.73 Å². The van der Waals surface area contributed by atoms with Gasteiger partial charge in [0.05, 0.1) is 0 Å². The fraction of sp³-hybridized carbons (Fsp3) is 0.250. The van der Waals surface area contributed by atoms with Crippen LogP contribution in [0.5, 0.6) is 0 Å². The van der Waals surface area contributed by atoms with Crippen LogP contribution in [0.4, 0.5) is 0 Å². The fourth-order valence-corrected chi connectivity index (χ4v) is 2.99. The summed E-state index contributed by atoms with van der Waals surface area (Å²) in [6, 6.07) is 6.51. The first-order valence-electron chi connectivity index (χ1n) is 3.37. The lowest BCUT2D eigenvalue weighted by atomic mass is 10.2. The predicted molar refractivity (Wildman–Crippen MR) is 64.6 cm³/mol. The molecule has 0 unspecified atom stereocenters. The molecule has 0 amide bonds. The highest BCUT2D eigenvalue weighted by Crippen LogP contribution is 2.14. The molecular weight excluding hydrogens is 364 g/mol. The van der Waals surface area contributed by atoms with Gasteiger partial charge in [0.1, 0.15) is 0 Å². The average molecular weight is 373 g/mol. The maximum absolute atomic E-state index is 5.46. The Kier molecular flexibility index (Phi) is 4.08. The molecule has 0 aliphatic carbocycles. The molecule has 0 aliphatic rings. The monoisotopic (exact) mass is 373 g/mol. The molecule has 1 aromatic rings. The molecule has 0 atom stereocenters. The van der Waals surface area contributed by atoms with Crippen LogP contribution in [0, 0.1) is 7.14 Å². The second-order valence-electron chi connectivity index (χ2n) is 2.32. The first-order valence-corrected chi connectivity index (χ1v) is 5.53. The molecule has 0 heterocycles. The van der Waals surface area contributed by atoms with Crippen LogP contribution in [0.1, 0.15) is 5.56 Å². The highest BCUT2D eigenvalue weighted by molar-refractivity contribution is 14.1. The van der Waals surface area contributed by atoms with E-state index >= 15 is 0 Å². The van der Waals surface area contributed by atoms with E-state index in [4.69, 9.17) is 5.73 Å². The normalized spacial score (nSPS) is 10.1. The van der Waals surface area contributed by atoms with E-state index in [2.05, 4.69) is 63.4 Å². The van der Waals surface area contributed by atoms with Gasteiger partial charge in [-0.15, -0.1) is 0 Å². The molecule has 1 rings (SSSR count). The molecule has 0 spiro atoms. The van der Waals surface area contributed by atoms with Gasteiger partial charge in [-0.3, -0.25) is 0 Å². The molecule has 0 saturated carbocycles. The molecule has 11 heavy (non-hydrogen) atoms. The largest absolute Gasteiger partial charge is 0.330 e. The SMILES string of the molecule is NCCc1cc(I)cc(I)c1. The van der Waals surface area contributed by atoms with E-state index in [1.807, 2.05) is 0 Å². The van der Waals surface area contributed by atoms with Crippen molar-refractivity contribution in [1.82, 2.24) is 0 Å². The molecule has 0 aromatic heterocycles. The van der Waals surface area contributed by atoms with E-state index in [1.165, 1.54) is 12.7 Å². The smallest absolute Gasteiger partial charge is 0.0143 e. The second-order valence-corrected chi connectivity index (χ2v) is 4.81. The molecule has 0 bridgehead atoms. The average Bonchev–Trinajstić information content (AvgIpc) is 1.85. The summed E-state index contributed by atoms with van der Waals surface area (Å²) in [7, 11) is 0. The molecule has 2 N–H and O–H groups in total. The predicted octanol–water partition coefficient (Wildman–Crippen LogP) is 2.40. The number of rotatable bonds is 2. The molecule has 0 fully saturated rings. The molecular formula is C8H9I2N. The van der Waals surface area contributed by atoms with Gasteiger partial charge >= 0.3 is 0 Å². The van der Waals surface area contributed by atoms with Crippen LogP contribution in [-0.2, 0) is 6.42 Å². The lowest BCUT2D eigenvalue weighted by Crippen LogP contribution is -2.02. The summed E-state index contributed by atoms with van der Waals surface area (Å²) in [4.78, 5) is 0. The van der Waals surface area contributed by atoms with Gasteiger partial charge in [-0.25, -0.2) is 0 Å². The van der Waals surface area contributed by atoms with Gasteiger partial charge in [-0.1, -0.05) is 0 Å². The van der Waals surface area contributed by atoms with Gasteiger partial charge in [-0.05, 0) is 81.9 Å². The summed E-state index contributed by atoms with van der Waals surface area (Å²) < 4.78 is 2.58. The third kappa shape index (κ3) is 3.25. The first-order chi connectivity index (χ1) is 5.22. The van der Waals surface area contributed by atoms with Crippen molar-refractivity contribution in [2.45, 2.75) is 6.42 Å². The Hall–Kier alpha value is 0.640. The Bertz CT molecular complexity index is 228. The van der Waals surface area contributed by atoms with E-state index in [1.54, 1.807) is 0 Å². The highest BCUT2D eigenvalue weighted by Gasteiger charge is 1.95. The van der Waals surface area contributed by atoms with Crippen molar-refractivity contribution in [1.29, 1.82) is 0 Å². The molecule has 60 valence electrons. The molecule has 0 aliphatic heterocycles. The maximum atomic E-state index is 5.46. The van der Waals surface area contributed by atoms with Gasteiger partial charge in [0.25, 0.3) is 0 Å². The molecule has 3 heteroatoms. The number of hydrogen-bond donors (Lipinski definition) is 1. The maximum Gasteiger partial charge on any atom is 0.0143 e. The Morgan fingerprint density at radius 2 is 1.64 bits per heavy atom. The zero-order valence-electron chi connectivity index (χ0n) is 5.98. The van der Waals surface area contributed by atoms with Crippen molar-refractivity contribution in [3.8, 4) is 0 Å². The van der Waals surface area contributed by atoms with Crippen LogP contribution in [0.25, 0.3) is 0 Å². The van der Waals surface area contributed by atoms with E-state index in [-0.39, 0.29) is 0 Å². The van der Waals surface area contributed by atoms with E-state index in [0.29, 0.717) is 0 Å². The van der Waals surface area contributed by atoms with Gasteiger partial charge in [-0.2, -0.15) is 0 Å². The summed E-state index contributed by atoms with van der Waals surface area (Å²) in [5.74, 6) is 0. The van der Waals surface area contributed by atoms with Crippen LogP contribution >= 0.6 is 45.2 Å². The van der Waals surface area contributed by atoms with Gasteiger partial charge in [0.15, 0.2) is 0 Å². The van der Waals surface area contributed by atoms with Crippen LogP contribution in [0.3, 0.4) is 0 Å². The Labute approximate surface area is 94.0 Å². The van der Waals surface area contributed by atoms with Crippen LogP contribution in [-0.4, -0.2) is 6.54 Å². The number of halogens is 2. The Balaban J connectivity index is 2.89. The van der Waals surface area contributed by atoms with Crippen molar-refractivity contribution >= 4 is 45.2 Å². The molecule has 0 radical (unpaired) electrons. The van der Waals surface area contributed by atoms with Crippen molar-refractivity contribution in [2.75, 3.05) is 6.54 Å². The summed E-state index contributed by atoms with van der Waals surface area (Å²) in [6.07, 6.45) is 0.979. The fourth-order valence-electron chi connectivity index (χ4n) is 0.922. The van der Waals surface area contributed by atoms with E-state index in [0.717, 1.165) is 13.0 Å².